The van der Waals surface area contributed by atoms with Gasteiger partial charge in [0.1, 0.15) is 11.9 Å². The van der Waals surface area contributed by atoms with E-state index in [1.54, 1.807) is 0 Å². The molecule has 0 saturated carbocycles. The Labute approximate surface area is 230 Å². The van der Waals surface area contributed by atoms with Crippen molar-refractivity contribution < 1.29 is 27.8 Å². The lowest BCUT2D eigenvalue weighted by Gasteiger charge is -2.36. The van der Waals surface area contributed by atoms with Gasteiger partial charge in [-0.3, -0.25) is 5.10 Å². The number of piperazine rings is 1. The number of carbonyl (C=O) groups is 1. The van der Waals surface area contributed by atoms with Crippen LogP contribution in [0.3, 0.4) is 0 Å². The summed E-state index contributed by atoms with van der Waals surface area (Å²) in [6, 6.07) is 4.74. The maximum Gasteiger partial charge on any atom is 0.490 e. The number of carboxylic acid groups (broad SMARTS) is 1. The van der Waals surface area contributed by atoms with E-state index >= 15 is 0 Å². The van der Waals surface area contributed by atoms with Gasteiger partial charge < -0.3 is 29.9 Å². The number of anilines is 2. The number of carboxylic acids is 1. The Morgan fingerprint density at radius 3 is 2.52 bits per heavy atom. The van der Waals surface area contributed by atoms with Crippen LogP contribution in [0, 0.1) is 6.92 Å². The van der Waals surface area contributed by atoms with Gasteiger partial charge in [0.15, 0.2) is 0 Å². The number of fused-ring (bicyclic) bond motifs is 2. The van der Waals surface area contributed by atoms with E-state index < -0.39 is 12.1 Å². The lowest BCUT2D eigenvalue weighted by atomic mass is 10.0. The fourth-order valence-corrected chi connectivity index (χ4v) is 5.03. The van der Waals surface area contributed by atoms with Gasteiger partial charge in [0, 0.05) is 50.2 Å². The maximum absolute atomic E-state index is 10.6. The van der Waals surface area contributed by atoms with E-state index in [-0.39, 0.29) is 6.10 Å². The molecule has 0 spiro atoms. The SMILES string of the molecule is Cc1ccc2[nH]ncc2c1N1CCc2c(nc(O[C@H](C)CN(C)C)nc2N2CCNCC2)C1.O=C(O)C(F)(F)F. The summed E-state index contributed by atoms with van der Waals surface area (Å²) < 4.78 is 37.9. The number of nitrogens with zero attached hydrogens (tertiary/aromatic N) is 6. The first kappa shape index (κ1) is 29.3. The van der Waals surface area contributed by atoms with Gasteiger partial charge >= 0.3 is 18.2 Å². The van der Waals surface area contributed by atoms with Crippen LogP contribution in [0.2, 0.25) is 0 Å². The van der Waals surface area contributed by atoms with E-state index in [1.807, 2.05) is 6.20 Å². The van der Waals surface area contributed by atoms with Gasteiger partial charge in [0.2, 0.25) is 0 Å². The van der Waals surface area contributed by atoms with Gasteiger partial charge in [-0.15, -0.1) is 0 Å². The number of benzene rings is 1. The predicted octanol–water partition coefficient (Wildman–Crippen LogP) is 2.60. The molecule has 11 nitrogen and oxygen atoms in total. The van der Waals surface area contributed by atoms with Gasteiger partial charge in [-0.25, -0.2) is 4.79 Å². The van der Waals surface area contributed by atoms with Gasteiger partial charge in [-0.1, -0.05) is 6.07 Å². The minimum atomic E-state index is -5.08. The fraction of sp³-hybridized carbons (Fsp3) is 0.538. The minimum absolute atomic E-state index is 0.00976. The molecule has 3 N–H and O–H groups in total. The van der Waals surface area contributed by atoms with Crippen molar-refractivity contribution in [2.24, 2.45) is 0 Å². The predicted molar refractivity (Wildman–Crippen MR) is 145 cm³/mol. The largest absolute Gasteiger partial charge is 0.490 e. The number of ether oxygens (including phenoxy) is 1. The number of alkyl halides is 3. The Kier molecular flexibility index (Phi) is 8.98. The van der Waals surface area contributed by atoms with Crippen LogP contribution in [-0.2, 0) is 17.8 Å². The Morgan fingerprint density at radius 2 is 1.88 bits per heavy atom. The first-order valence-electron chi connectivity index (χ1n) is 13.1. The second-order valence-electron chi connectivity index (χ2n) is 10.2. The van der Waals surface area contributed by atoms with E-state index in [2.05, 4.69) is 70.3 Å². The van der Waals surface area contributed by atoms with Crippen LogP contribution < -0.4 is 19.9 Å². The summed E-state index contributed by atoms with van der Waals surface area (Å²) in [5, 5.41) is 19.1. The number of nitrogens with one attached hydrogen (secondary N) is 2. The quantitative estimate of drug-likeness (QED) is 0.412. The van der Waals surface area contributed by atoms with Crippen molar-refractivity contribution in [1.29, 1.82) is 0 Å². The minimum Gasteiger partial charge on any atom is -0.475 e. The van der Waals surface area contributed by atoms with Crippen molar-refractivity contribution in [2.45, 2.75) is 39.1 Å². The van der Waals surface area contributed by atoms with Crippen molar-refractivity contribution in [3.05, 3.63) is 35.2 Å². The standard InChI is InChI=1S/C24H34N8O.C2HF3O2/c1-16-5-6-20-19(13-26-29-20)22(16)32-10-7-18-21(15-32)27-24(33-17(2)14-30(3)4)28-23(18)31-11-8-25-9-12-31;3-2(4,5)1(6)7/h5-6,13,17,25H,7-12,14-15H2,1-4H3,(H,26,29);(H,6,7)/t17-;/m1./s1. The fourth-order valence-electron chi connectivity index (χ4n) is 5.03. The van der Waals surface area contributed by atoms with Crippen LogP contribution in [0.4, 0.5) is 24.7 Å². The summed E-state index contributed by atoms with van der Waals surface area (Å²) in [6.45, 7) is 10.6. The molecule has 2 aliphatic heterocycles. The highest BCUT2D eigenvalue weighted by Gasteiger charge is 2.38. The summed E-state index contributed by atoms with van der Waals surface area (Å²) in [5.41, 5.74) is 5.87. The number of hydrogen-bond acceptors (Lipinski definition) is 9. The summed E-state index contributed by atoms with van der Waals surface area (Å²) >= 11 is 0. The van der Waals surface area contributed by atoms with Crippen LogP contribution in [0.1, 0.15) is 23.7 Å². The van der Waals surface area contributed by atoms with Crippen LogP contribution in [0.15, 0.2) is 18.3 Å². The van der Waals surface area contributed by atoms with Crippen molar-refractivity contribution in [3.63, 3.8) is 0 Å². The molecule has 218 valence electrons. The van der Waals surface area contributed by atoms with Crippen molar-refractivity contribution in [3.8, 4) is 6.01 Å². The molecule has 0 amide bonds. The zero-order valence-corrected chi connectivity index (χ0v) is 23.0. The Morgan fingerprint density at radius 1 is 1.18 bits per heavy atom. The summed E-state index contributed by atoms with van der Waals surface area (Å²) in [4.78, 5) is 25.7. The smallest absolute Gasteiger partial charge is 0.475 e. The molecule has 0 unspecified atom stereocenters. The van der Waals surface area contributed by atoms with Gasteiger partial charge in [-0.2, -0.15) is 28.2 Å². The number of likely N-dealkylation sites (N-methyl/N-ethyl adjacent to an activating group) is 1. The molecule has 14 heteroatoms. The van der Waals surface area contributed by atoms with E-state index in [0.29, 0.717) is 6.01 Å². The molecule has 2 aromatic heterocycles. The number of aromatic nitrogens is 4. The molecule has 0 bridgehead atoms. The maximum atomic E-state index is 10.6. The topological polar surface area (TPSA) is 123 Å². The molecule has 2 aliphatic rings. The molecule has 3 aromatic rings. The zero-order valence-electron chi connectivity index (χ0n) is 23.0. The summed E-state index contributed by atoms with van der Waals surface area (Å²) in [7, 11) is 4.10. The van der Waals surface area contributed by atoms with Crippen molar-refractivity contribution in [1.82, 2.24) is 30.4 Å². The Balaban J connectivity index is 0.000000470. The number of hydrogen-bond donors (Lipinski definition) is 3. The molecule has 0 radical (unpaired) electrons. The first-order chi connectivity index (χ1) is 18.9. The third-order valence-electron chi connectivity index (χ3n) is 6.72. The number of H-pyrrole nitrogens is 1. The average molecular weight is 565 g/mol. The highest BCUT2D eigenvalue weighted by atomic mass is 19.4. The number of aromatic amines is 1. The Hall–Kier alpha value is -3.65. The normalized spacial score (nSPS) is 16.4. The first-order valence-corrected chi connectivity index (χ1v) is 13.1. The number of halogens is 3. The third-order valence-corrected chi connectivity index (χ3v) is 6.72. The molecular formula is C26H35F3N8O3. The second-order valence-corrected chi connectivity index (χ2v) is 10.2. The van der Waals surface area contributed by atoms with E-state index in [9.17, 15) is 13.2 Å². The molecule has 1 saturated heterocycles. The molecule has 40 heavy (non-hydrogen) atoms. The monoisotopic (exact) mass is 564 g/mol. The Bertz CT molecular complexity index is 1320. The molecule has 1 aromatic carbocycles. The van der Waals surface area contributed by atoms with Crippen molar-refractivity contribution >= 4 is 28.4 Å². The molecule has 4 heterocycles. The van der Waals surface area contributed by atoms with E-state index in [1.165, 1.54) is 16.8 Å². The van der Waals surface area contributed by atoms with Gasteiger partial charge in [0.25, 0.3) is 0 Å². The van der Waals surface area contributed by atoms with Crippen LogP contribution in [0.25, 0.3) is 10.9 Å². The molecule has 1 atom stereocenters. The highest BCUT2D eigenvalue weighted by Crippen LogP contribution is 2.35. The second kappa shape index (κ2) is 12.3. The summed E-state index contributed by atoms with van der Waals surface area (Å²) in [6.07, 6.45) is -2.23. The number of aliphatic carboxylic acids is 1. The third kappa shape index (κ3) is 6.91. The lowest BCUT2D eigenvalue weighted by molar-refractivity contribution is -0.192. The van der Waals surface area contributed by atoms with Gasteiger partial charge in [-0.05, 0) is 46.0 Å². The van der Waals surface area contributed by atoms with E-state index in [0.717, 1.165) is 74.6 Å². The molecule has 1 fully saturated rings. The van der Waals surface area contributed by atoms with Gasteiger partial charge in [0.05, 0.1) is 29.6 Å². The van der Waals surface area contributed by atoms with E-state index in [4.69, 9.17) is 24.6 Å². The molecule has 5 rings (SSSR count). The molecular weight excluding hydrogens is 529 g/mol. The highest BCUT2D eigenvalue weighted by molar-refractivity contribution is 5.93. The zero-order chi connectivity index (χ0) is 29.0. The number of aryl methyl sites for hydroxylation is 1. The molecule has 0 aliphatic carbocycles. The summed E-state index contributed by atoms with van der Waals surface area (Å²) in [5.74, 6) is -1.71. The number of rotatable bonds is 6. The van der Waals surface area contributed by atoms with Crippen LogP contribution >= 0.6 is 0 Å². The van der Waals surface area contributed by atoms with Crippen LogP contribution in [0.5, 0.6) is 6.01 Å². The van der Waals surface area contributed by atoms with Crippen LogP contribution in [-0.4, -0.2) is 102 Å². The van der Waals surface area contributed by atoms with Crippen molar-refractivity contribution in [2.75, 3.05) is 63.2 Å². The lowest BCUT2D eigenvalue weighted by Crippen LogP contribution is -2.45. The average Bonchev–Trinajstić information content (AvgIpc) is 3.36.